The van der Waals surface area contributed by atoms with Crippen molar-refractivity contribution in [1.29, 1.82) is 0 Å². The fourth-order valence-electron chi connectivity index (χ4n) is 3.33. The van der Waals surface area contributed by atoms with Crippen LogP contribution in [0.5, 0.6) is 0 Å². The van der Waals surface area contributed by atoms with Crippen molar-refractivity contribution < 1.29 is 32.1 Å². The Morgan fingerprint density at radius 2 is 1.69 bits per heavy atom. The van der Waals surface area contributed by atoms with Crippen LogP contribution in [0.2, 0.25) is 0 Å². The minimum Gasteiger partial charge on any atom is -0.481 e. The van der Waals surface area contributed by atoms with E-state index in [1.165, 1.54) is 0 Å². The number of nitrogens with one attached hydrogen (secondary N) is 1. The summed E-state index contributed by atoms with van der Waals surface area (Å²) in [6.07, 6.45) is 1.40. The Labute approximate surface area is 174 Å². The number of carboxylic acids is 1. The summed E-state index contributed by atoms with van der Waals surface area (Å²) in [6, 6.07) is 0. The van der Waals surface area contributed by atoms with Gasteiger partial charge in [0, 0.05) is 39.2 Å². The zero-order chi connectivity index (χ0) is 22.9. The van der Waals surface area contributed by atoms with E-state index in [2.05, 4.69) is 10.2 Å². The predicted molar refractivity (Wildman–Crippen MR) is 111 cm³/mol. The topological polar surface area (TPSA) is 125 Å². The SMILES string of the molecule is [C-]#[N+]C(C)(CCC(=O)O)CC(C)(C)C(=O)NCCC[N+](C)(C)CCCS(=O)(=O)O. The molecule has 0 aromatic rings. The van der Waals surface area contributed by atoms with E-state index in [1.807, 2.05) is 14.1 Å². The molecule has 9 nitrogen and oxygen atoms in total. The van der Waals surface area contributed by atoms with Gasteiger partial charge in [-0.15, -0.1) is 0 Å². The first-order valence-corrected chi connectivity index (χ1v) is 11.3. The molecule has 0 heterocycles. The number of carboxylic acid groups (broad SMARTS) is 1. The molecule has 3 N–H and O–H groups in total. The normalized spacial score (nSPS) is 14.7. The Morgan fingerprint density at radius 3 is 2.17 bits per heavy atom. The van der Waals surface area contributed by atoms with Crippen LogP contribution in [-0.4, -0.2) is 79.5 Å². The number of quaternary nitrogens is 1. The molecule has 29 heavy (non-hydrogen) atoms. The van der Waals surface area contributed by atoms with Crippen molar-refractivity contribution in [3.05, 3.63) is 11.4 Å². The Kier molecular flexibility index (Phi) is 10.3. The lowest BCUT2D eigenvalue weighted by atomic mass is 9.77. The molecule has 0 aliphatic rings. The zero-order valence-corrected chi connectivity index (χ0v) is 19.0. The number of hydrogen-bond donors (Lipinski definition) is 3. The van der Waals surface area contributed by atoms with Gasteiger partial charge in [-0.3, -0.25) is 14.1 Å². The first kappa shape index (κ1) is 27.3. The number of nitrogens with zero attached hydrogens (tertiary/aromatic N) is 2. The van der Waals surface area contributed by atoms with Crippen LogP contribution in [0.4, 0.5) is 0 Å². The van der Waals surface area contributed by atoms with Crippen LogP contribution in [0.3, 0.4) is 0 Å². The van der Waals surface area contributed by atoms with Gasteiger partial charge in [-0.1, -0.05) is 13.8 Å². The second-order valence-electron chi connectivity index (χ2n) is 9.20. The maximum atomic E-state index is 12.6. The van der Waals surface area contributed by atoms with E-state index >= 15 is 0 Å². The lowest BCUT2D eigenvalue weighted by Gasteiger charge is -2.31. The van der Waals surface area contributed by atoms with Crippen LogP contribution in [0.25, 0.3) is 4.85 Å². The molecule has 0 rings (SSSR count). The number of carbonyl (C=O) groups is 2. The Balaban J connectivity index is 4.50. The smallest absolute Gasteiger partial charge is 0.303 e. The second kappa shape index (κ2) is 10.9. The number of carbonyl (C=O) groups excluding carboxylic acids is 1. The Bertz CT molecular complexity index is 712. The number of hydrogen-bond acceptors (Lipinski definition) is 4. The van der Waals surface area contributed by atoms with E-state index in [0.717, 1.165) is 6.54 Å². The lowest BCUT2D eigenvalue weighted by Crippen LogP contribution is -2.45. The van der Waals surface area contributed by atoms with E-state index in [1.54, 1.807) is 20.8 Å². The van der Waals surface area contributed by atoms with Crippen LogP contribution in [0.1, 0.15) is 52.9 Å². The van der Waals surface area contributed by atoms with Crippen molar-refractivity contribution in [3.8, 4) is 0 Å². The minimum atomic E-state index is -3.95. The summed E-state index contributed by atoms with van der Waals surface area (Å²) in [4.78, 5) is 27.0. The van der Waals surface area contributed by atoms with E-state index < -0.39 is 27.0 Å². The molecule has 1 atom stereocenters. The molecule has 0 aliphatic heterocycles. The molecule has 0 bridgehead atoms. The molecule has 0 aliphatic carbocycles. The molecule has 1 unspecified atom stereocenters. The van der Waals surface area contributed by atoms with Crippen molar-refractivity contribution in [1.82, 2.24) is 5.32 Å². The summed E-state index contributed by atoms with van der Waals surface area (Å²) in [5.41, 5.74) is -1.72. The third kappa shape index (κ3) is 12.5. The van der Waals surface area contributed by atoms with Crippen LogP contribution >= 0.6 is 0 Å². The summed E-state index contributed by atoms with van der Waals surface area (Å²) < 4.78 is 31.0. The second-order valence-corrected chi connectivity index (χ2v) is 10.8. The summed E-state index contributed by atoms with van der Waals surface area (Å²) in [5, 5.41) is 11.7. The lowest BCUT2D eigenvalue weighted by molar-refractivity contribution is -0.890. The predicted octanol–water partition coefficient (Wildman–Crippen LogP) is 1.81. The summed E-state index contributed by atoms with van der Waals surface area (Å²) >= 11 is 0. The fraction of sp³-hybridized carbons (Fsp3) is 0.842. The highest BCUT2D eigenvalue weighted by molar-refractivity contribution is 7.85. The minimum absolute atomic E-state index is 0.110. The van der Waals surface area contributed by atoms with Gasteiger partial charge in [0.1, 0.15) is 0 Å². The summed E-state index contributed by atoms with van der Waals surface area (Å²) in [6.45, 7) is 14.4. The van der Waals surface area contributed by atoms with Crippen LogP contribution in [0.15, 0.2) is 0 Å². The van der Waals surface area contributed by atoms with Gasteiger partial charge in [-0.2, -0.15) is 8.42 Å². The highest BCUT2D eigenvalue weighted by Gasteiger charge is 2.41. The highest BCUT2D eigenvalue weighted by atomic mass is 32.2. The van der Waals surface area contributed by atoms with Crippen LogP contribution < -0.4 is 5.32 Å². The Hall–Kier alpha value is -1.70. The molecule has 1 amide bonds. The van der Waals surface area contributed by atoms with E-state index in [4.69, 9.17) is 16.2 Å². The van der Waals surface area contributed by atoms with E-state index in [0.29, 0.717) is 30.4 Å². The van der Waals surface area contributed by atoms with Gasteiger partial charge in [0.05, 0.1) is 44.8 Å². The van der Waals surface area contributed by atoms with Crippen molar-refractivity contribution in [2.75, 3.05) is 39.5 Å². The average Bonchev–Trinajstić information content (AvgIpc) is 2.55. The largest absolute Gasteiger partial charge is 0.481 e. The number of rotatable bonds is 14. The quantitative estimate of drug-likeness (QED) is 0.166. The average molecular weight is 435 g/mol. The standard InChI is InChI=1S/C19H35N3O6S/c1-18(2,15-19(3,20-4)10-9-16(23)24)17(25)21-11-7-12-22(5,6)13-8-14-29(26,27)28/h7-15H2,1-3,5-6H3,(H2-,21,23,24,25,26,27,28)/p+1. The monoisotopic (exact) mass is 434 g/mol. The van der Waals surface area contributed by atoms with Gasteiger partial charge in [0.2, 0.25) is 11.4 Å². The van der Waals surface area contributed by atoms with Gasteiger partial charge >= 0.3 is 5.97 Å². The van der Waals surface area contributed by atoms with Crippen molar-refractivity contribution >= 4 is 22.0 Å². The van der Waals surface area contributed by atoms with Crippen molar-refractivity contribution in [3.63, 3.8) is 0 Å². The molecule has 0 spiro atoms. The third-order valence-electron chi connectivity index (χ3n) is 4.98. The Morgan fingerprint density at radius 1 is 1.14 bits per heavy atom. The van der Waals surface area contributed by atoms with Gasteiger partial charge < -0.3 is 19.8 Å². The van der Waals surface area contributed by atoms with E-state index in [-0.39, 0.29) is 30.9 Å². The van der Waals surface area contributed by atoms with Gasteiger partial charge in [-0.05, 0) is 0 Å². The van der Waals surface area contributed by atoms with Crippen molar-refractivity contribution in [2.45, 2.75) is 58.4 Å². The van der Waals surface area contributed by atoms with Crippen LogP contribution in [-0.2, 0) is 19.7 Å². The highest BCUT2D eigenvalue weighted by Crippen LogP contribution is 2.34. The first-order chi connectivity index (χ1) is 13.0. The first-order valence-electron chi connectivity index (χ1n) is 9.68. The summed E-state index contributed by atoms with van der Waals surface area (Å²) in [7, 11) is -0.0308. The molecule has 0 saturated carbocycles. The number of aliphatic carboxylic acids is 1. The number of amides is 1. The zero-order valence-electron chi connectivity index (χ0n) is 18.2. The van der Waals surface area contributed by atoms with Gasteiger partial charge in [-0.25, -0.2) is 6.57 Å². The van der Waals surface area contributed by atoms with Gasteiger partial charge in [0.25, 0.3) is 10.1 Å². The third-order valence-corrected chi connectivity index (χ3v) is 5.78. The molecule has 0 radical (unpaired) electrons. The molecular weight excluding hydrogens is 398 g/mol. The molecule has 0 fully saturated rings. The molecule has 0 aromatic heterocycles. The molecule has 0 aromatic carbocycles. The maximum Gasteiger partial charge on any atom is 0.303 e. The van der Waals surface area contributed by atoms with E-state index in [9.17, 15) is 18.0 Å². The van der Waals surface area contributed by atoms with Crippen LogP contribution in [0, 0.1) is 12.0 Å². The molecule has 10 heteroatoms. The summed E-state index contributed by atoms with van der Waals surface area (Å²) in [5.74, 6) is -1.40. The molecule has 0 saturated heterocycles. The van der Waals surface area contributed by atoms with Crippen molar-refractivity contribution in [2.24, 2.45) is 5.41 Å². The molecule has 168 valence electrons. The maximum absolute atomic E-state index is 12.6. The fourth-order valence-corrected chi connectivity index (χ4v) is 3.82. The molecular formula is C19H36N3O6S+. The van der Waals surface area contributed by atoms with Gasteiger partial charge in [0.15, 0.2) is 0 Å².